The highest BCUT2D eigenvalue weighted by molar-refractivity contribution is 7.22. The molecule has 100 valence electrons. The van der Waals surface area contributed by atoms with Crippen LogP contribution in [0, 0.1) is 0 Å². The lowest BCUT2D eigenvalue weighted by Gasteiger charge is -2.00. The maximum Gasteiger partial charge on any atom is 0.277 e. The second kappa shape index (κ2) is 5.22. The van der Waals surface area contributed by atoms with E-state index in [1.54, 1.807) is 12.1 Å². The van der Waals surface area contributed by atoms with Crippen molar-refractivity contribution in [2.24, 2.45) is 0 Å². The highest BCUT2D eigenvalue weighted by atomic mass is 32.1. The Balaban J connectivity index is 1.80. The number of methoxy groups -OCH3 is 1. The van der Waals surface area contributed by atoms with Gasteiger partial charge in [-0.05, 0) is 18.2 Å². The Kier molecular flexibility index (Phi) is 3.26. The zero-order valence-electron chi connectivity index (χ0n) is 10.5. The average molecular weight is 286 g/mol. The van der Waals surface area contributed by atoms with Gasteiger partial charge in [-0.3, -0.25) is 10.1 Å². The fourth-order valence-electron chi connectivity index (χ4n) is 1.64. The van der Waals surface area contributed by atoms with Crippen molar-refractivity contribution in [3.8, 4) is 5.88 Å². The third-order valence-electron chi connectivity index (χ3n) is 2.60. The van der Waals surface area contributed by atoms with Gasteiger partial charge < -0.3 is 4.74 Å². The number of nitrogens with zero attached hydrogens (tertiary/aromatic N) is 3. The van der Waals surface area contributed by atoms with Crippen molar-refractivity contribution in [1.82, 2.24) is 15.2 Å². The van der Waals surface area contributed by atoms with Gasteiger partial charge in [0.15, 0.2) is 10.8 Å². The number of rotatable bonds is 3. The topological polar surface area (TPSA) is 77.0 Å². The van der Waals surface area contributed by atoms with Crippen molar-refractivity contribution in [2.45, 2.75) is 0 Å². The fourth-order valence-corrected chi connectivity index (χ4v) is 2.50. The molecule has 2 aromatic heterocycles. The van der Waals surface area contributed by atoms with Crippen LogP contribution in [0.1, 0.15) is 10.5 Å². The quantitative estimate of drug-likeness (QED) is 0.799. The number of carbonyl (C=O) groups is 1. The average Bonchev–Trinajstić information content (AvgIpc) is 2.89. The monoisotopic (exact) mass is 286 g/mol. The SMILES string of the molecule is COc1ccc(C(=O)Nc2nc3ccccc3s2)nn1. The van der Waals surface area contributed by atoms with Crippen LogP contribution in [0.3, 0.4) is 0 Å². The van der Waals surface area contributed by atoms with E-state index < -0.39 is 0 Å². The van der Waals surface area contributed by atoms with E-state index in [0.717, 1.165) is 10.2 Å². The summed E-state index contributed by atoms with van der Waals surface area (Å²) < 4.78 is 5.91. The molecule has 0 aliphatic heterocycles. The molecule has 1 N–H and O–H groups in total. The predicted octanol–water partition coefficient (Wildman–Crippen LogP) is 2.35. The number of amides is 1. The summed E-state index contributed by atoms with van der Waals surface area (Å²) in [5.41, 5.74) is 1.07. The third kappa shape index (κ3) is 2.43. The molecule has 0 saturated heterocycles. The number of fused-ring (bicyclic) bond motifs is 1. The first-order chi connectivity index (χ1) is 9.76. The first-order valence-electron chi connectivity index (χ1n) is 5.81. The number of benzene rings is 1. The number of carbonyl (C=O) groups excluding carboxylic acids is 1. The molecule has 0 spiro atoms. The summed E-state index contributed by atoms with van der Waals surface area (Å²) in [5, 5.41) is 10.8. The third-order valence-corrected chi connectivity index (χ3v) is 3.55. The van der Waals surface area contributed by atoms with E-state index in [0.29, 0.717) is 11.0 Å². The fraction of sp³-hybridized carbons (Fsp3) is 0.0769. The largest absolute Gasteiger partial charge is 0.480 e. The molecule has 3 rings (SSSR count). The van der Waals surface area contributed by atoms with Gasteiger partial charge in [0, 0.05) is 6.07 Å². The van der Waals surface area contributed by atoms with Crippen molar-refractivity contribution < 1.29 is 9.53 Å². The Morgan fingerprint density at radius 2 is 2.05 bits per heavy atom. The molecule has 0 atom stereocenters. The van der Waals surface area contributed by atoms with Gasteiger partial charge in [-0.25, -0.2) is 4.98 Å². The summed E-state index contributed by atoms with van der Waals surface area (Å²) in [7, 11) is 1.49. The number of anilines is 1. The first-order valence-corrected chi connectivity index (χ1v) is 6.62. The van der Waals surface area contributed by atoms with E-state index in [1.807, 2.05) is 24.3 Å². The molecule has 6 nitrogen and oxygen atoms in total. The lowest BCUT2D eigenvalue weighted by atomic mass is 10.3. The molecule has 0 aliphatic carbocycles. The van der Waals surface area contributed by atoms with E-state index in [4.69, 9.17) is 4.74 Å². The van der Waals surface area contributed by atoms with E-state index in [9.17, 15) is 4.79 Å². The van der Waals surface area contributed by atoms with Crippen molar-refractivity contribution in [1.29, 1.82) is 0 Å². The standard InChI is InChI=1S/C13H10N4O2S/c1-19-11-7-6-9(16-17-11)12(18)15-13-14-8-4-2-3-5-10(8)20-13/h2-7H,1H3,(H,14,15,18). The molecule has 7 heteroatoms. The maximum absolute atomic E-state index is 12.0. The minimum atomic E-state index is -0.348. The molecule has 0 aliphatic rings. The van der Waals surface area contributed by atoms with Crippen molar-refractivity contribution in [2.75, 3.05) is 12.4 Å². The number of para-hydroxylation sites is 1. The van der Waals surface area contributed by atoms with Crippen LogP contribution in [-0.4, -0.2) is 28.2 Å². The number of aromatic nitrogens is 3. The molecule has 20 heavy (non-hydrogen) atoms. The van der Waals surface area contributed by atoms with Crippen LogP contribution in [0.2, 0.25) is 0 Å². The van der Waals surface area contributed by atoms with Gasteiger partial charge in [-0.1, -0.05) is 23.5 Å². The normalized spacial score (nSPS) is 10.4. The van der Waals surface area contributed by atoms with Crippen molar-refractivity contribution in [3.63, 3.8) is 0 Å². The molecule has 1 aromatic carbocycles. The molecule has 3 aromatic rings. The van der Waals surface area contributed by atoms with Gasteiger partial charge in [0.25, 0.3) is 5.91 Å². The van der Waals surface area contributed by atoms with Crippen molar-refractivity contribution in [3.05, 3.63) is 42.1 Å². The molecule has 2 heterocycles. The maximum atomic E-state index is 12.0. The van der Waals surface area contributed by atoms with Crippen LogP contribution in [-0.2, 0) is 0 Å². The first kappa shape index (κ1) is 12.5. The second-order valence-electron chi connectivity index (χ2n) is 3.90. The number of thiazole rings is 1. The van der Waals surface area contributed by atoms with Gasteiger partial charge in [0.2, 0.25) is 5.88 Å². The Morgan fingerprint density at radius 3 is 2.75 bits per heavy atom. The Labute approximate surface area is 118 Å². The zero-order valence-corrected chi connectivity index (χ0v) is 11.3. The molecule has 1 amide bonds. The van der Waals surface area contributed by atoms with Gasteiger partial charge in [0.05, 0.1) is 17.3 Å². The second-order valence-corrected chi connectivity index (χ2v) is 4.93. The van der Waals surface area contributed by atoms with Gasteiger partial charge in [-0.15, -0.1) is 10.2 Å². The van der Waals surface area contributed by atoms with E-state index in [2.05, 4.69) is 20.5 Å². The van der Waals surface area contributed by atoms with Gasteiger partial charge in [0.1, 0.15) is 0 Å². The summed E-state index contributed by atoms with van der Waals surface area (Å²) in [6.45, 7) is 0. The number of hydrogen-bond acceptors (Lipinski definition) is 6. The number of ether oxygens (including phenoxy) is 1. The Bertz CT molecular complexity index is 721. The van der Waals surface area contributed by atoms with E-state index in [-0.39, 0.29) is 11.6 Å². The van der Waals surface area contributed by atoms with Crippen LogP contribution in [0.15, 0.2) is 36.4 Å². The Hall–Kier alpha value is -2.54. The van der Waals surface area contributed by atoms with E-state index >= 15 is 0 Å². The summed E-state index contributed by atoms with van der Waals surface area (Å²) in [6, 6.07) is 10.8. The van der Waals surface area contributed by atoms with Crippen LogP contribution < -0.4 is 10.1 Å². The number of hydrogen-bond donors (Lipinski definition) is 1. The van der Waals surface area contributed by atoms with Crippen LogP contribution >= 0.6 is 11.3 Å². The van der Waals surface area contributed by atoms with Crippen LogP contribution in [0.5, 0.6) is 5.88 Å². The van der Waals surface area contributed by atoms with Crippen LogP contribution in [0.4, 0.5) is 5.13 Å². The highest BCUT2D eigenvalue weighted by Gasteiger charge is 2.11. The summed E-state index contributed by atoms with van der Waals surface area (Å²) >= 11 is 1.41. The highest BCUT2D eigenvalue weighted by Crippen LogP contribution is 2.25. The molecule has 0 saturated carbocycles. The summed E-state index contributed by atoms with van der Waals surface area (Å²) in [6.07, 6.45) is 0. The smallest absolute Gasteiger partial charge is 0.277 e. The molecular formula is C13H10N4O2S. The molecule has 0 fully saturated rings. The molecule has 0 radical (unpaired) electrons. The summed E-state index contributed by atoms with van der Waals surface area (Å²) in [4.78, 5) is 16.3. The Morgan fingerprint density at radius 1 is 1.20 bits per heavy atom. The molecule has 0 bridgehead atoms. The lowest BCUT2D eigenvalue weighted by Crippen LogP contribution is -2.14. The van der Waals surface area contributed by atoms with Gasteiger partial charge >= 0.3 is 0 Å². The minimum Gasteiger partial charge on any atom is -0.480 e. The van der Waals surface area contributed by atoms with E-state index in [1.165, 1.54) is 18.4 Å². The van der Waals surface area contributed by atoms with Crippen LogP contribution in [0.25, 0.3) is 10.2 Å². The number of nitrogens with one attached hydrogen (secondary N) is 1. The lowest BCUT2D eigenvalue weighted by molar-refractivity contribution is 0.102. The van der Waals surface area contributed by atoms with Gasteiger partial charge in [-0.2, -0.15) is 0 Å². The minimum absolute atomic E-state index is 0.213. The van der Waals surface area contributed by atoms with Crippen molar-refractivity contribution >= 4 is 32.6 Å². The molecular weight excluding hydrogens is 276 g/mol. The summed E-state index contributed by atoms with van der Waals surface area (Å²) in [5.74, 6) is 0.0146. The zero-order chi connectivity index (χ0) is 13.9. The predicted molar refractivity (Wildman–Crippen MR) is 76.2 cm³/mol. The molecule has 0 unspecified atom stereocenters.